The van der Waals surface area contributed by atoms with Gasteiger partial charge in [-0.25, -0.2) is 0 Å². The zero-order valence-corrected chi connectivity index (χ0v) is 9.29. The minimum atomic E-state index is -0.0571. The molecule has 4 heteroatoms. The summed E-state index contributed by atoms with van der Waals surface area (Å²) in [5, 5.41) is 29.1. The van der Waals surface area contributed by atoms with Gasteiger partial charge >= 0.3 is 0 Å². The highest BCUT2D eigenvalue weighted by Crippen LogP contribution is 2.36. The summed E-state index contributed by atoms with van der Waals surface area (Å²) in [4.78, 5) is 0. The molecular formula is C14H10O4. The second kappa shape index (κ2) is 3.70. The molecule has 0 unspecified atom stereocenters. The van der Waals surface area contributed by atoms with Gasteiger partial charge in [0.1, 0.15) is 28.6 Å². The van der Waals surface area contributed by atoms with Gasteiger partial charge in [-0.1, -0.05) is 0 Å². The van der Waals surface area contributed by atoms with Crippen molar-refractivity contribution in [2.45, 2.75) is 0 Å². The molecule has 90 valence electrons. The van der Waals surface area contributed by atoms with Gasteiger partial charge in [0.25, 0.3) is 0 Å². The molecule has 1 aromatic heterocycles. The summed E-state index contributed by atoms with van der Waals surface area (Å²) < 4.78 is 5.58. The third-order valence-electron chi connectivity index (χ3n) is 2.75. The maximum Gasteiger partial charge on any atom is 0.139 e. The van der Waals surface area contributed by atoms with Gasteiger partial charge in [0.05, 0.1) is 5.56 Å². The van der Waals surface area contributed by atoms with Crippen LogP contribution in [-0.4, -0.2) is 15.3 Å². The van der Waals surface area contributed by atoms with Crippen LogP contribution >= 0.6 is 0 Å². The minimum Gasteiger partial charge on any atom is -0.508 e. The molecule has 0 radical (unpaired) electrons. The Morgan fingerprint density at radius 3 is 2.28 bits per heavy atom. The van der Waals surface area contributed by atoms with Crippen molar-refractivity contribution in [2.24, 2.45) is 0 Å². The molecule has 0 amide bonds. The predicted octanol–water partition coefficient (Wildman–Crippen LogP) is 3.22. The lowest BCUT2D eigenvalue weighted by atomic mass is 10.1. The van der Waals surface area contributed by atoms with E-state index in [0.717, 1.165) is 5.39 Å². The van der Waals surface area contributed by atoms with E-state index in [1.807, 2.05) is 0 Å². The van der Waals surface area contributed by atoms with E-state index in [1.54, 1.807) is 24.3 Å². The maximum atomic E-state index is 9.76. The molecule has 0 saturated heterocycles. The van der Waals surface area contributed by atoms with Crippen LogP contribution in [0.5, 0.6) is 17.2 Å². The smallest absolute Gasteiger partial charge is 0.139 e. The van der Waals surface area contributed by atoms with Crippen LogP contribution in [0, 0.1) is 0 Å². The highest BCUT2D eigenvalue weighted by molar-refractivity contribution is 5.85. The predicted molar refractivity (Wildman–Crippen MR) is 66.6 cm³/mol. The Kier molecular flexibility index (Phi) is 2.16. The minimum absolute atomic E-state index is 0.00925. The van der Waals surface area contributed by atoms with E-state index in [4.69, 9.17) is 4.42 Å². The summed E-state index contributed by atoms with van der Waals surface area (Å²) in [6.07, 6.45) is 0. The normalized spacial score (nSPS) is 10.9. The summed E-state index contributed by atoms with van der Waals surface area (Å²) in [6, 6.07) is 10.8. The molecule has 18 heavy (non-hydrogen) atoms. The molecule has 3 rings (SSSR count). The number of hydrogen-bond acceptors (Lipinski definition) is 4. The molecule has 0 atom stereocenters. The number of fused-ring (bicyclic) bond motifs is 1. The van der Waals surface area contributed by atoms with Crippen LogP contribution in [-0.2, 0) is 0 Å². The van der Waals surface area contributed by atoms with Crippen LogP contribution in [0.25, 0.3) is 22.3 Å². The van der Waals surface area contributed by atoms with Gasteiger partial charge in [0, 0.05) is 11.5 Å². The summed E-state index contributed by atoms with van der Waals surface area (Å²) in [5.41, 5.74) is 1.11. The highest BCUT2D eigenvalue weighted by atomic mass is 16.3. The fourth-order valence-corrected chi connectivity index (χ4v) is 1.89. The van der Waals surface area contributed by atoms with Crippen molar-refractivity contribution in [1.29, 1.82) is 0 Å². The SMILES string of the molecule is Oc1ccc(-c2cc3cc(O)ccc3o2)c(O)c1. The molecule has 0 bridgehead atoms. The van der Waals surface area contributed by atoms with Crippen molar-refractivity contribution >= 4 is 11.0 Å². The molecule has 1 heterocycles. The summed E-state index contributed by atoms with van der Waals surface area (Å²) in [5.74, 6) is 0.571. The number of furan rings is 1. The van der Waals surface area contributed by atoms with Gasteiger partial charge in [-0.15, -0.1) is 0 Å². The molecule has 3 N–H and O–H groups in total. The fourth-order valence-electron chi connectivity index (χ4n) is 1.89. The Morgan fingerprint density at radius 1 is 0.778 bits per heavy atom. The van der Waals surface area contributed by atoms with Crippen LogP contribution in [0.2, 0.25) is 0 Å². The zero-order valence-electron chi connectivity index (χ0n) is 9.29. The van der Waals surface area contributed by atoms with Crippen LogP contribution in [0.4, 0.5) is 0 Å². The highest BCUT2D eigenvalue weighted by Gasteiger charge is 2.11. The first-order valence-corrected chi connectivity index (χ1v) is 5.38. The number of rotatable bonds is 1. The maximum absolute atomic E-state index is 9.76. The number of phenols is 3. The van der Waals surface area contributed by atoms with Crippen molar-refractivity contribution in [2.75, 3.05) is 0 Å². The van der Waals surface area contributed by atoms with E-state index in [2.05, 4.69) is 0 Å². The Morgan fingerprint density at radius 2 is 1.50 bits per heavy atom. The van der Waals surface area contributed by atoms with Crippen LogP contribution in [0.15, 0.2) is 46.9 Å². The summed E-state index contributed by atoms with van der Waals surface area (Å²) >= 11 is 0. The van der Waals surface area contributed by atoms with E-state index < -0.39 is 0 Å². The Hall–Kier alpha value is -2.62. The third-order valence-corrected chi connectivity index (χ3v) is 2.75. The second-order valence-electron chi connectivity index (χ2n) is 4.03. The topological polar surface area (TPSA) is 73.8 Å². The lowest BCUT2D eigenvalue weighted by Gasteiger charge is -2.00. The molecule has 0 spiro atoms. The average Bonchev–Trinajstić information content (AvgIpc) is 2.71. The Balaban J connectivity index is 2.19. The fraction of sp³-hybridized carbons (Fsp3) is 0. The molecule has 0 aliphatic heterocycles. The van der Waals surface area contributed by atoms with E-state index >= 15 is 0 Å². The first kappa shape index (κ1) is 10.5. The van der Waals surface area contributed by atoms with Gasteiger partial charge in [0.2, 0.25) is 0 Å². The van der Waals surface area contributed by atoms with Gasteiger partial charge < -0.3 is 19.7 Å². The zero-order chi connectivity index (χ0) is 12.7. The molecule has 0 fully saturated rings. The van der Waals surface area contributed by atoms with Crippen molar-refractivity contribution in [1.82, 2.24) is 0 Å². The number of aromatic hydroxyl groups is 3. The third kappa shape index (κ3) is 1.64. The van der Waals surface area contributed by atoms with E-state index in [1.165, 1.54) is 18.2 Å². The van der Waals surface area contributed by atoms with Crippen molar-refractivity contribution in [3.63, 3.8) is 0 Å². The molecule has 2 aromatic carbocycles. The average molecular weight is 242 g/mol. The molecule has 4 nitrogen and oxygen atoms in total. The lowest BCUT2D eigenvalue weighted by Crippen LogP contribution is -1.75. The summed E-state index contributed by atoms with van der Waals surface area (Å²) in [6.45, 7) is 0. The Labute approximate surface area is 102 Å². The second-order valence-corrected chi connectivity index (χ2v) is 4.03. The molecule has 0 aliphatic carbocycles. The quantitative estimate of drug-likeness (QED) is 0.612. The van der Waals surface area contributed by atoms with Crippen LogP contribution in [0.3, 0.4) is 0 Å². The van der Waals surface area contributed by atoms with Crippen molar-refractivity contribution < 1.29 is 19.7 Å². The van der Waals surface area contributed by atoms with Crippen LogP contribution < -0.4 is 0 Å². The standard InChI is InChI=1S/C14H10O4/c15-9-2-4-13-8(5-9)6-14(18-13)11-3-1-10(16)7-12(11)17/h1-7,15-17H. The molecular weight excluding hydrogens is 232 g/mol. The van der Waals surface area contributed by atoms with Crippen molar-refractivity contribution in [3.8, 4) is 28.6 Å². The number of hydrogen-bond donors (Lipinski definition) is 3. The van der Waals surface area contributed by atoms with Crippen LogP contribution in [0.1, 0.15) is 0 Å². The van der Waals surface area contributed by atoms with Gasteiger partial charge in [-0.3, -0.25) is 0 Å². The van der Waals surface area contributed by atoms with E-state index in [9.17, 15) is 15.3 Å². The molecule has 3 aromatic rings. The van der Waals surface area contributed by atoms with Crippen molar-refractivity contribution in [3.05, 3.63) is 42.5 Å². The summed E-state index contributed by atoms with van der Waals surface area (Å²) in [7, 11) is 0. The number of benzene rings is 2. The van der Waals surface area contributed by atoms with Gasteiger partial charge in [0.15, 0.2) is 0 Å². The molecule has 0 saturated carbocycles. The molecule has 0 aliphatic rings. The first-order valence-electron chi connectivity index (χ1n) is 5.38. The monoisotopic (exact) mass is 242 g/mol. The van der Waals surface area contributed by atoms with Gasteiger partial charge in [-0.2, -0.15) is 0 Å². The largest absolute Gasteiger partial charge is 0.508 e. The van der Waals surface area contributed by atoms with E-state index in [0.29, 0.717) is 16.9 Å². The lowest BCUT2D eigenvalue weighted by molar-refractivity contribution is 0.450. The van der Waals surface area contributed by atoms with Gasteiger partial charge in [-0.05, 0) is 36.4 Å². The van der Waals surface area contributed by atoms with E-state index in [-0.39, 0.29) is 17.2 Å². The Bertz CT molecular complexity index is 728. The number of phenolic OH excluding ortho intramolecular Hbond substituents is 3. The first-order chi connectivity index (χ1) is 8.63.